The van der Waals surface area contributed by atoms with E-state index >= 15 is 0 Å². The maximum Gasteiger partial charge on any atom is 0.0931 e. The van der Waals surface area contributed by atoms with Gasteiger partial charge < -0.3 is 5.73 Å². The maximum absolute atomic E-state index is 6.27. The number of nitrogens with two attached hydrogens (primary N) is 1. The standard InChI is InChI=1S/C15H25ClN2S/c1-10(2)8-9-18(12-4-5-12)15(11(3)17)13-6-7-14(16)19-13/h6-7,10-12,15H,4-5,8-9,17H2,1-3H3. The van der Waals surface area contributed by atoms with Crippen LogP contribution in [0.2, 0.25) is 4.34 Å². The van der Waals surface area contributed by atoms with E-state index in [4.69, 9.17) is 17.3 Å². The Morgan fingerprint density at radius 1 is 1.37 bits per heavy atom. The van der Waals surface area contributed by atoms with Gasteiger partial charge in [-0.1, -0.05) is 25.4 Å². The van der Waals surface area contributed by atoms with Gasteiger partial charge in [0.2, 0.25) is 0 Å². The second-order valence-corrected chi connectivity index (χ2v) is 7.84. The molecule has 2 unspecified atom stereocenters. The third-order valence-electron chi connectivity index (χ3n) is 3.72. The number of nitrogens with zero attached hydrogens (tertiary/aromatic N) is 1. The topological polar surface area (TPSA) is 29.3 Å². The van der Waals surface area contributed by atoms with E-state index in [1.807, 2.05) is 6.07 Å². The predicted octanol–water partition coefficient (Wildman–Crippen LogP) is 4.30. The fraction of sp³-hybridized carbons (Fsp3) is 0.733. The van der Waals surface area contributed by atoms with E-state index in [0.29, 0.717) is 6.04 Å². The third-order valence-corrected chi connectivity index (χ3v) is 5.02. The molecular formula is C15H25ClN2S. The Morgan fingerprint density at radius 3 is 2.47 bits per heavy atom. The molecule has 1 fully saturated rings. The summed E-state index contributed by atoms with van der Waals surface area (Å²) < 4.78 is 0.861. The van der Waals surface area contributed by atoms with E-state index in [9.17, 15) is 0 Å². The molecule has 108 valence electrons. The first-order chi connectivity index (χ1) is 8.99. The molecule has 2 nitrogen and oxygen atoms in total. The van der Waals surface area contributed by atoms with Gasteiger partial charge in [0.1, 0.15) is 0 Å². The minimum absolute atomic E-state index is 0.141. The summed E-state index contributed by atoms with van der Waals surface area (Å²) in [5, 5.41) is 0. The molecule has 0 bridgehead atoms. The fourth-order valence-corrected chi connectivity index (χ4v) is 3.87. The minimum atomic E-state index is 0.141. The average Bonchev–Trinajstić information content (AvgIpc) is 3.07. The molecule has 2 N–H and O–H groups in total. The Labute approximate surface area is 125 Å². The lowest BCUT2D eigenvalue weighted by Crippen LogP contribution is -2.41. The van der Waals surface area contributed by atoms with Crippen LogP contribution in [0.1, 0.15) is 51.0 Å². The molecule has 0 saturated heterocycles. The summed E-state index contributed by atoms with van der Waals surface area (Å²) >= 11 is 7.77. The summed E-state index contributed by atoms with van der Waals surface area (Å²) in [7, 11) is 0. The zero-order chi connectivity index (χ0) is 14.0. The van der Waals surface area contributed by atoms with Gasteiger partial charge in [-0.05, 0) is 50.8 Å². The number of hydrogen-bond donors (Lipinski definition) is 1. The lowest BCUT2D eigenvalue weighted by Gasteiger charge is -2.34. The lowest BCUT2D eigenvalue weighted by molar-refractivity contribution is 0.160. The van der Waals surface area contributed by atoms with Crippen LogP contribution in [0.25, 0.3) is 0 Å². The van der Waals surface area contributed by atoms with Gasteiger partial charge >= 0.3 is 0 Å². The third kappa shape index (κ3) is 4.19. The molecule has 1 aromatic rings. The Bertz CT molecular complexity index is 399. The van der Waals surface area contributed by atoms with Crippen LogP contribution in [0, 0.1) is 5.92 Å². The molecule has 0 radical (unpaired) electrons. The van der Waals surface area contributed by atoms with Crippen molar-refractivity contribution in [3.8, 4) is 0 Å². The highest BCUT2D eigenvalue weighted by molar-refractivity contribution is 7.16. The van der Waals surface area contributed by atoms with Crippen molar-refractivity contribution in [1.82, 2.24) is 4.90 Å². The van der Waals surface area contributed by atoms with E-state index in [-0.39, 0.29) is 6.04 Å². The van der Waals surface area contributed by atoms with Crippen molar-refractivity contribution in [3.05, 3.63) is 21.3 Å². The molecular weight excluding hydrogens is 276 g/mol. The highest BCUT2D eigenvalue weighted by Crippen LogP contribution is 2.39. The summed E-state index contributed by atoms with van der Waals surface area (Å²) in [5.41, 5.74) is 6.27. The Hall–Kier alpha value is -0.0900. The van der Waals surface area contributed by atoms with Gasteiger partial charge in [0.15, 0.2) is 0 Å². The quantitative estimate of drug-likeness (QED) is 0.813. The van der Waals surface area contributed by atoms with Gasteiger partial charge in [0.05, 0.1) is 10.4 Å². The summed E-state index contributed by atoms with van der Waals surface area (Å²) in [6.07, 6.45) is 3.87. The van der Waals surface area contributed by atoms with Gasteiger partial charge in [0, 0.05) is 17.0 Å². The first-order valence-corrected chi connectivity index (χ1v) is 8.45. The Morgan fingerprint density at radius 2 is 2.05 bits per heavy atom. The Kier molecular flexibility index (Phi) is 5.29. The molecule has 0 aliphatic heterocycles. The van der Waals surface area contributed by atoms with Crippen LogP contribution in [0.15, 0.2) is 12.1 Å². The van der Waals surface area contributed by atoms with Gasteiger partial charge in [-0.25, -0.2) is 0 Å². The normalized spacial score (nSPS) is 19.1. The first kappa shape index (κ1) is 15.3. The Balaban J connectivity index is 2.14. The SMILES string of the molecule is CC(C)CCN(C1CC1)C(c1ccc(Cl)s1)C(C)N. The van der Waals surface area contributed by atoms with E-state index in [0.717, 1.165) is 22.8 Å². The largest absolute Gasteiger partial charge is 0.326 e. The van der Waals surface area contributed by atoms with Crippen molar-refractivity contribution < 1.29 is 0 Å². The first-order valence-electron chi connectivity index (χ1n) is 7.25. The molecule has 2 atom stereocenters. The molecule has 0 aromatic carbocycles. The highest BCUT2D eigenvalue weighted by atomic mass is 35.5. The van der Waals surface area contributed by atoms with E-state index in [1.54, 1.807) is 11.3 Å². The second-order valence-electron chi connectivity index (χ2n) is 6.10. The molecule has 1 heterocycles. The van der Waals surface area contributed by atoms with Crippen LogP contribution in [0.5, 0.6) is 0 Å². The van der Waals surface area contributed by atoms with Crippen LogP contribution < -0.4 is 5.73 Å². The zero-order valence-electron chi connectivity index (χ0n) is 12.1. The molecule has 0 amide bonds. The maximum atomic E-state index is 6.27. The molecule has 19 heavy (non-hydrogen) atoms. The lowest BCUT2D eigenvalue weighted by atomic mass is 10.0. The van der Waals surface area contributed by atoms with Crippen molar-refractivity contribution in [3.63, 3.8) is 0 Å². The summed E-state index contributed by atoms with van der Waals surface area (Å²) in [6.45, 7) is 7.83. The minimum Gasteiger partial charge on any atom is -0.326 e. The number of halogens is 1. The van der Waals surface area contributed by atoms with Crippen molar-refractivity contribution in [2.45, 2.75) is 58.2 Å². The van der Waals surface area contributed by atoms with Crippen LogP contribution in [-0.4, -0.2) is 23.5 Å². The van der Waals surface area contributed by atoms with Crippen LogP contribution in [0.3, 0.4) is 0 Å². The molecule has 1 saturated carbocycles. The van der Waals surface area contributed by atoms with Crippen molar-refractivity contribution in [2.75, 3.05) is 6.54 Å². The van der Waals surface area contributed by atoms with Crippen LogP contribution >= 0.6 is 22.9 Å². The molecule has 2 rings (SSSR count). The molecule has 1 aromatic heterocycles. The van der Waals surface area contributed by atoms with E-state index in [1.165, 1.54) is 24.1 Å². The van der Waals surface area contributed by atoms with E-state index in [2.05, 4.69) is 31.7 Å². The van der Waals surface area contributed by atoms with Crippen molar-refractivity contribution in [2.24, 2.45) is 11.7 Å². The zero-order valence-corrected chi connectivity index (χ0v) is 13.7. The fourth-order valence-electron chi connectivity index (χ4n) is 2.57. The van der Waals surface area contributed by atoms with Gasteiger partial charge in [-0.3, -0.25) is 4.90 Å². The number of hydrogen-bond acceptors (Lipinski definition) is 3. The number of rotatable bonds is 7. The van der Waals surface area contributed by atoms with Crippen LogP contribution in [0.4, 0.5) is 0 Å². The molecule has 1 aliphatic rings. The summed E-state index contributed by atoms with van der Waals surface area (Å²) in [5.74, 6) is 0.738. The van der Waals surface area contributed by atoms with Gasteiger partial charge in [-0.2, -0.15) is 0 Å². The molecule has 4 heteroatoms. The van der Waals surface area contributed by atoms with Gasteiger partial charge in [-0.15, -0.1) is 11.3 Å². The summed E-state index contributed by atoms with van der Waals surface area (Å²) in [6, 6.07) is 5.33. The monoisotopic (exact) mass is 300 g/mol. The molecule has 1 aliphatic carbocycles. The number of thiophene rings is 1. The van der Waals surface area contributed by atoms with Crippen molar-refractivity contribution >= 4 is 22.9 Å². The predicted molar refractivity (Wildman–Crippen MR) is 84.9 cm³/mol. The smallest absolute Gasteiger partial charge is 0.0931 e. The average molecular weight is 301 g/mol. The molecule has 0 spiro atoms. The second kappa shape index (κ2) is 6.57. The van der Waals surface area contributed by atoms with Gasteiger partial charge in [0.25, 0.3) is 0 Å². The summed E-state index contributed by atoms with van der Waals surface area (Å²) in [4.78, 5) is 3.93. The highest BCUT2D eigenvalue weighted by Gasteiger charge is 2.36. The van der Waals surface area contributed by atoms with Crippen molar-refractivity contribution in [1.29, 1.82) is 0 Å². The van der Waals surface area contributed by atoms with Crippen LogP contribution in [-0.2, 0) is 0 Å². The van der Waals surface area contributed by atoms with E-state index < -0.39 is 0 Å².